The summed E-state index contributed by atoms with van der Waals surface area (Å²) in [4.78, 5) is 17.5. The van der Waals surface area contributed by atoms with Crippen LogP contribution in [0.1, 0.15) is 57.8 Å². The molecule has 5 rings (SSSR count). The minimum atomic E-state index is -0.809. The zero-order valence-electron chi connectivity index (χ0n) is 19.0. The molecule has 3 fully saturated rings. The van der Waals surface area contributed by atoms with Crippen molar-refractivity contribution in [1.29, 1.82) is 0 Å². The molecule has 4 heterocycles. The average Bonchev–Trinajstić information content (AvgIpc) is 3.10. The number of hydrogen-bond donors (Lipinski definition) is 2. The zero-order chi connectivity index (χ0) is 22.2. The highest BCUT2D eigenvalue weighted by Gasteiger charge is 2.48. The van der Waals surface area contributed by atoms with Crippen LogP contribution in [0.5, 0.6) is 0 Å². The SMILES string of the molecule is O=C(O)N1CCC(N2CCC(N3C4=C(CC(F)CC4)C(C4CCOCC4)C3O)CC2)CC1. The van der Waals surface area contributed by atoms with Gasteiger partial charge in [-0.2, -0.15) is 0 Å². The summed E-state index contributed by atoms with van der Waals surface area (Å²) in [6.45, 7) is 4.71. The summed E-state index contributed by atoms with van der Waals surface area (Å²) in [6.07, 6.45) is 5.44. The molecule has 5 aliphatic rings. The van der Waals surface area contributed by atoms with Crippen molar-refractivity contribution >= 4 is 6.09 Å². The van der Waals surface area contributed by atoms with Gasteiger partial charge in [-0.15, -0.1) is 0 Å². The lowest BCUT2D eigenvalue weighted by molar-refractivity contribution is -0.0587. The number of piperidine rings is 2. The topological polar surface area (TPSA) is 76.5 Å². The van der Waals surface area contributed by atoms with Gasteiger partial charge in [-0.05, 0) is 62.9 Å². The van der Waals surface area contributed by atoms with Gasteiger partial charge in [0.05, 0.1) is 0 Å². The molecule has 0 radical (unpaired) electrons. The van der Waals surface area contributed by atoms with E-state index >= 15 is 0 Å². The summed E-state index contributed by atoms with van der Waals surface area (Å²) in [7, 11) is 0. The van der Waals surface area contributed by atoms with Crippen LogP contribution in [0, 0.1) is 11.8 Å². The first-order chi connectivity index (χ1) is 15.5. The summed E-state index contributed by atoms with van der Waals surface area (Å²) in [5.41, 5.74) is 2.45. The minimum absolute atomic E-state index is 0.0609. The number of likely N-dealkylation sites (tertiary alicyclic amines) is 2. The Hall–Kier alpha value is -1.38. The summed E-state index contributed by atoms with van der Waals surface area (Å²) < 4.78 is 19.9. The number of allylic oxidation sites excluding steroid dienone is 1. The van der Waals surface area contributed by atoms with Gasteiger partial charge in [0.25, 0.3) is 0 Å². The van der Waals surface area contributed by atoms with Crippen LogP contribution in [0.2, 0.25) is 0 Å². The van der Waals surface area contributed by atoms with E-state index in [1.54, 1.807) is 0 Å². The first-order valence-corrected chi connectivity index (χ1v) is 12.6. The highest BCUT2D eigenvalue weighted by atomic mass is 19.1. The standard InChI is InChI=1S/C24H38FN3O4/c25-17-1-2-21-20(15-17)22(16-7-13-32-14-8-16)23(29)28(21)19-5-9-26(10-6-19)18-3-11-27(12-4-18)24(30)31/h16-19,22-23,29H,1-15H2,(H,30,31). The molecule has 2 N–H and O–H groups in total. The maximum atomic E-state index is 14.4. The lowest BCUT2D eigenvalue weighted by atomic mass is 9.77. The largest absolute Gasteiger partial charge is 0.465 e. The Bertz CT molecular complexity index is 712. The van der Waals surface area contributed by atoms with Crippen LogP contribution in [0.3, 0.4) is 0 Å². The Labute approximate surface area is 190 Å². The number of alkyl halides is 1. The van der Waals surface area contributed by atoms with Gasteiger partial charge in [-0.3, -0.25) is 0 Å². The van der Waals surface area contributed by atoms with E-state index < -0.39 is 18.5 Å². The van der Waals surface area contributed by atoms with E-state index in [2.05, 4.69) is 9.80 Å². The van der Waals surface area contributed by atoms with Gasteiger partial charge >= 0.3 is 6.09 Å². The maximum absolute atomic E-state index is 14.4. The molecule has 7 nitrogen and oxygen atoms in total. The molecule has 0 aromatic rings. The number of aliphatic hydroxyl groups is 1. The summed E-state index contributed by atoms with van der Waals surface area (Å²) >= 11 is 0. The molecular formula is C24H38FN3O4. The van der Waals surface area contributed by atoms with Crippen molar-refractivity contribution in [2.45, 2.75) is 82.3 Å². The second kappa shape index (κ2) is 9.47. The predicted octanol–water partition coefficient (Wildman–Crippen LogP) is 3.05. The summed E-state index contributed by atoms with van der Waals surface area (Å²) in [6, 6.07) is 0.771. The third-order valence-corrected chi connectivity index (χ3v) is 8.74. The first-order valence-electron chi connectivity index (χ1n) is 12.6. The third kappa shape index (κ3) is 4.26. The Kier molecular flexibility index (Phi) is 6.63. The number of amides is 1. The van der Waals surface area contributed by atoms with Crippen molar-refractivity contribution in [1.82, 2.24) is 14.7 Å². The van der Waals surface area contributed by atoms with Gasteiger partial charge in [-0.1, -0.05) is 0 Å². The van der Waals surface area contributed by atoms with E-state index in [9.17, 15) is 19.4 Å². The van der Waals surface area contributed by atoms with Gasteiger partial charge in [0, 0.05) is 69.5 Å². The van der Waals surface area contributed by atoms with Crippen molar-refractivity contribution < 1.29 is 24.1 Å². The average molecular weight is 452 g/mol. The van der Waals surface area contributed by atoms with Crippen molar-refractivity contribution in [3.05, 3.63) is 11.3 Å². The minimum Gasteiger partial charge on any atom is -0.465 e. The highest BCUT2D eigenvalue weighted by Crippen LogP contribution is 2.49. The number of rotatable bonds is 3. The fraction of sp³-hybridized carbons (Fsp3) is 0.875. The van der Waals surface area contributed by atoms with E-state index in [4.69, 9.17) is 4.74 Å². The fourth-order valence-electron chi connectivity index (χ4n) is 7.04. The molecule has 4 aliphatic heterocycles. The number of nitrogens with zero attached hydrogens (tertiary/aromatic N) is 3. The predicted molar refractivity (Wildman–Crippen MR) is 118 cm³/mol. The molecule has 0 aromatic carbocycles. The monoisotopic (exact) mass is 451 g/mol. The van der Waals surface area contributed by atoms with Crippen molar-refractivity contribution in [3.8, 4) is 0 Å². The van der Waals surface area contributed by atoms with Gasteiger partial charge in [-0.25, -0.2) is 9.18 Å². The second-order valence-electron chi connectivity index (χ2n) is 10.4. The van der Waals surface area contributed by atoms with Crippen LogP contribution in [-0.4, -0.2) is 94.9 Å². The maximum Gasteiger partial charge on any atom is 0.407 e. The Morgan fingerprint density at radius 3 is 2.25 bits per heavy atom. The molecule has 3 unspecified atom stereocenters. The van der Waals surface area contributed by atoms with Crippen LogP contribution in [0.4, 0.5) is 9.18 Å². The number of carbonyl (C=O) groups is 1. The van der Waals surface area contributed by atoms with E-state index in [-0.39, 0.29) is 5.92 Å². The van der Waals surface area contributed by atoms with Crippen LogP contribution >= 0.6 is 0 Å². The number of aliphatic hydroxyl groups excluding tert-OH is 1. The molecule has 0 spiro atoms. The van der Waals surface area contributed by atoms with Crippen LogP contribution in [0.15, 0.2) is 11.3 Å². The molecule has 1 amide bonds. The lowest BCUT2D eigenvalue weighted by Crippen LogP contribution is -2.53. The molecule has 0 aromatic heterocycles. The quantitative estimate of drug-likeness (QED) is 0.687. The smallest absolute Gasteiger partial charge is 0.407 e. The molecule has 0 bridgehead atoms. The number of carboxylic acid groups (broad SMARTS) is 1. The second-order valence-corrected chi connectivity index (χ2v) is 10.4. The Morgan fingerprint density at radius 1 is 0.938 bits per heavy atom. The van der Waals surface area contributed by atoms with Gasteiger partial charge in [0.15, 0.2) is 0 Å². The summed E-state index contributed by atoms with van der Waals surface area (Å²) in [5, 5.41) is 20.7. The molecular weight excluding hydrogens is 413 g/mol. The fourth-order valence-corrected chi connectivity index (χ4v) is 7.04. The lowest BCUT2D eigenvalue weighted by Gasteiger charge is -2.45. The highest BCUT2D eigenvalue weighted by molar-refractivity contribution is 5.65. The number of hydrogen-bond acceptors (Lipinski definition) is 5. The molecule has 0 saturated carbocycles. The Balaban J connectivity index is 1.24. The molecule has 3 saturated heterocycles. The van der Waals surface area contributed by atoms with Crippen LogP contribution in [0.25, 0.3) is 0 Å². The molecule has 180 valence electrons. The molecule has 3 atom stereocenters. The van der Waals surface area contributed by atoms with Gasteiger partial charge in [0.1, 0.15) is 12.4 Å². The van der Waals surface area contributed by atoms with Crippen molar-refractivity contribution in [3.63, 3.8) is 0 Å². The molecule has 1 aliphatic carbocycles. The Morgan fingerprint density at radius 2 is 1.59 bits per heavy atom. The zero-order valence-corrected chi connectivity index (χ0v) is 19.0. The first kappa shape index (κ1) is 22.4. The van der Waals surface area contributed by atoms with E-state index in [1.165, 1.54) is 16.2 Å². The molecule has 32 heavy (non-hydrogen) atoms. The van der Waals surface area contributed by atoms with Crippen molar-refractivity contribution in [2.24, 2.45) is 11.8 Å². The van der Waals surface area contributed by atoms with Crippen LogP contribution < -0.4 is 0 Å². The van der Waals surface area contributed by atoms with E-state index in [0.717, 1.165) is 71.2 Å². The van der Waals surface area contributed by atoms with E-state index in [1.807, 2.05) is 0 Å². The normalized spacial score (nSPS) is 34.2. The van der Waals surface area contributed by atoms with E-state index in [0.29, 0.717) is 43.9 Å². The summed E-state index contributed by atoms with van der Waals surface area (Å²) in [5.74, 6) is 0.449. The number of ether oxygens (including phenoxy) is 1. The number of halogens is 1. The van der Waals surface area contributed by atoms with Gasteiger partial charge < -0.3 is 29.6 Å². The van der Waals surface area contributed by atoms with Crippen LogP contribution in [-0.2, 0) is 4.74 Å². The van der Waals surface area contributed by atoms with Crippen molar-refractivity contribution in [2.75, 3.05) is 39.4 Å². The van der Waals surface area contributed by atoms with Gasteiger partial charge in [0.2, 0.25) is 0 Å². The third-order valence-electron chi connectivity index (χ3n) is 8.74. The molecule has 8 heteroatoms.